The van der Waals surface area contributed by atoms with Gasteiger partial charge in [-0.05, 0) is 47.9 Å². The number of benzene rings is 2. The molecule has 1 saturated carbocycles. The molecule has 2 aromatic rings. The second kappa shape index (κ2) is 9.72. The van der Waals surface area contributed by atoms with E-state index in [0.29, 0.717) is 13.0 Å². The third-order valence-corrected chi connectivity index (χ3v) is 7.87. The highest BCUT2D eigenvalue weighted by atomic mass is 16.5. The number of nitrogens with one attached hydrogen (secondary N) is 1. The number of carbonyl (C=O) groups is 3. The molecule has 35 heavy (non-hydrogen) atoms. The number of hydrogen-bond donors (Lipinski definition) is 2. The molecule has 3 aliphatic rings. The van der Waals surface area contributed by atoms with Crippen molar-refractivity contribution < 1.29 is 24.2 Å². The molecular weight excluding hydrogens is 444 g/mol. The minimum Gasteiger partial charge on any atom is -0.481 e. The monoisotopic (exact) mass is 476 g/mol. The van der Waals surface area contributed by atoms with Crippen LogP contribution in [-0.4, -0.2) is 52.7 Å². The molecule has 0 unspecified atom stereocenters. The molecule has 0 radical (unpaired) electrons. The SMILES string of the molecule is O=C(O)C[C@H]1CCCN1C(=O)CC1(NC(=O)OCC2c3ccccc3-c3ccccc32)CCCC1. The maximum atomic E-state index is 13.2. The fourth-order valence-electron chi connectivity index (χ4n) is 6.22. The Balaban J connectivity index is 1.24. The van der Waals surface area contributed by atoms with Crippen LogP contribution in [0.4, 0.5) is 4.79 Å². The van der Waals surface area contributed by atoms with E-state index in [-0.39, 0.29) is 37.3 Å². The normalized spacial score (nSPS) is 20.3. The van der Waals surface area contributed by atoms with Gasteiger partial charge in [-0.1, -0.05) is 61.4 Å². The highest BCUT2D eigenvalue weighted by Crippen LogP contribution is 2.44. The van der Waals surface area contributed by atoms with E-state index in [0.717, 1.165) is 43.2 Å². The summed E-state index contributed by atoms with van der Waals surface area (Å²) in [7, 11) is 0. The predicted octanol–water partition coefficient (Wildman–Crippen LogP) is 4.69. The largest absolute Gasteiger partial charge is 0.481 e. The Hall–Kier alpha value is -3.35. The van der Waals surface area contributed by atoms with Gasteiger partial charge in [0.25, 0.3) is 0 Å². The average Bonchev–Trinajstić information content (AvgIpc) is 3.56. The van der Waals surface area contributed by atoms with Crippen molar-refractivity contribution in [3.05, 3.63) is 59.7 Å². The first-order valence-electron chi connectivity index (χ1n) is 12.6. The van der Waals surface area contributed by atoms with E-state index >= 15 is 0 Å². The zero-order chi connectivity index (χ0) is 24.4. The van der Waals surface area contributed by atoms with Crippen molar-refractivity contribution in [1.29, 1.82) is 0 Å². The maximum Gasteiger partial charge on any atom is 0.407 e. The summed E-state index contributed by atoms with van der Waals surface area (Å²) < 4.78 is 5.75. The molecule has 7 heteroatoms. The van der Waals surface area contributed by atoms with E-state index in [1.54, 1.807) is 4.90 Å². The Morgan fingerprint density at radius 3 is 2.23 bits per heavy atom. The number of aliphatic carboxylic acids is 1. The van der Waals surface area contributed by atoms with Gasteiger partial charge in [-0.3, -0.25) is 9.59 Å². The summed E-state index contributed by atoms with van der Waals surface area (Å²) in [5.41, 5.74) is 4.04. The lowest BCUT2D eigenvalue weighted by atomic mass is 9.92. The van der Waals surface area contributed by atoms with E-state index in [4.69, 9.17) is 4.74 Å². The molecule has 1 atom stereocenters. The Morgan fingerprint density at radius 1 is 0.971 bits per heavy atom. The lowest BCUT2D eigenvalue weighted by Crippen LogP contribution is -2.51. The highest BCUT2D eigenvalue weighted by Gasteiger charge is 2.41. The number of carbonyl (C=O) groups excluding carboxylic acids is 2. The number of carboxylic acid groups (broad SMARTS) is 1. The maximum absolute atomic E-state index is 13.2. The molecule has 7 nitrogen and oxygen atoms in total. The first-order chi connectivity index (χ1) is 17.0. The number of nitrogens with zero attached hydrogens (tertiary/aromatic N) is 1. The molecule has 2 N–H and O–H groups in total. The molecule has 0 spiro atoms. The number of rotatable bonds is 7. The summed E-state index contributed by atoms with van der Waals surface area (Å²) in [5, 5.41) is 12.2. The van der Waals surface area contributed by atoms with E-state index in [2.05, 4.69) is 29.6 Å². The fourth-order valence-corrected chi connectivity index (χ4v) is 6.22. The third kappa shape index (κ3) is 4.77. The predicted molar refractivity (Wildman–Crippen MR) is 131 cm³/mol. The van der Waals surface area contributed by atoms with Crippen molar-refractivity contribution in [1.82, 2.24) is 10.2 Å². The van der Waals surface area contributed by atoms with Crippen molar-refractivity contribution in [2.24, 2.45) is 0 Å². The first-order valence-corrected chi connectivity index (χ1v) is 12.6. The fraction of sp³-hybridized carbons (Fsp3) is 0.464. The first kappa shape index (κ1) is 23.4. The summed E-state index contributed by atoms with van der Waals surface area (Å²) in [6.07, 6.45) is 4.52. The minimum atomic E-state index is -0.887. The third-order valence-electron chi connectivity index (χ3n) is 7.87. The standard InChI is InChI=1S/C28H32N2O5/c31-25(30-15-7-8-19(30)16-26(32)33)17-28(13-5-6-14-28)29-27(34)35-18-24-22-11-3-1-9-20(22)21-10-2-4-12-23(21)24/h1-4,9-12,19,24H,5-8,13-18H2,(H,29,34)(H,32,33)/t19-/m1/s1. The zero-order valence-corrected chi connectivity index (χ0v) is 19.9. The smallest absolute Gasteiger partial charge is 0.407 e. The molecule has 2 aliphatic carbocycles. The summed E-state index contributed by atoms with van der Waals surface area (Å²) in [4.78, 5) is 39.0. The van der Waals surface area contributed by atoms with E-state index in [1.165, 1.54) is 11.1 Å². The van der Waals surface area contributed by atoms with Gasteiger partial charge in [-0.2, -0.15) is 0 Å². The number of amides is 2. The number of ether oxygens (including phenoxy) is 1. The van der Waals surface area contributed by atoms with Gasteiger partial charge in [0.1, 0.15) is 6.61 Å². The van der Waals surface area contributed by atoms with Crippen LogP contribution in [-0.2, 0) is 14.3 Å². The van der Waals surface area contributed by atoms with Gasteiger partial charge in [0.05, 0.1) is 18.4 Å². The van der Waals surface area contributed by atoms with Crippen molar-refractivity contribution in [3.63, 3.8) is 0 Å². The summed E-state index contributed by atoms with van der Waals surface area (Å²) >= 11 is 0. The highest BCUT2D eigenvalue weighted by molar-refractivity contribution is 5.81. The molecule has 0 aromatic heterocycles. The van der Waals surface area contributed by atoms with Crippen LogP contribution >= 0.6 is 0 Å². The quantitative estimate of drug-likeness (QED) is 0.604. The molecule has 2 aromatic carbocycles. The van der Waals surface area contributed by atoms with Crippen LogP contribution in [0.5, 0.6) is 0 Å². The Labute approximate surface area is 205 Å². The molecule has 184 valence electrons. The summed E-state index contributed by atoms with van der Waals surface area (Å²) in [5.74, 6) is -0.979. The number of carboxylic acids is 1. The van der Waals surface area contributed by atoms with E-state index in [1.807, 2.05) is 24.3 Å². The molecule has 1 heterocycles. The van der Waals surface area contributed by atoms with Crippen LogP contribution in [0.15, 0.2) is 48.5 Å². The van der Waals surface area contributed by atoms with Crippen LogP contribution < -0.4 is 5.32 Å². The van der Waals surface area contributed by atoms with Crippen molar-refractivity contribution >= 4 is 18.0 Å². The van der Waals surface area contributed by atoms with Gasteiger partial charge in [-0.25, -0.2) is 4.79 Å². The molecule has 0 bridgehead atoms. The Kier molecular flexibility index (Phi) is 6.50. The van der Waals surface area contributed by atoms with Gasteiger partial charge >= 0.3 is 12.1 Å². The number of alkyl carbamates (subject to hydrolysis) is 1. The average molecular weight is 477 g/mol. The molecule has 1 aliphatic heterocycles. The van der Waals surface area contributed by atoms with E-state index in [9.17, 15) is 19.5 Å². The molecular formula is C28H32N2O5. The van der Waals surface area contributed by atoms with Crippen molar-refractivity contribution in [2.75, 3.05) is 13.2 Å². The molecule has 1 saturated heterocycles. The lowest BCUT2D eigenvalue weighted by molar-refractivity contribution is -0.140. The van der Waals surface area contributed by atoms with Crippen LogP contribution in [0.1, 0.15) is 68.4 Å². The van der Waals surface area contributed by atoms with E-state index < -0.39 is 17.6 Å². The Bertz CT molecular complexity index is 1080. The molecule has 2 amide bonds. The van der Waals surface area contributed by atoms with Gasteiger partial charge < -0.3 is 20.1 Å². The van der Waals surface area contributed by atoms with Crippen LogP contribution in [0.2, 0.25) is 0 Å². The number of hydrogen-bond acceptors (Lipinski definition) is 4. The topological polar surface area (TPSA) is 95.9 Å². The van der Waals surface area contributed by atoms with Crippen LogP contribution in [0, 0.1) is 0 Å². The second-order valence-corrected chi connectivity index (χ2v) is 10.1. The molecule has 2 fully saturated rings. The Morgan fingerprint density at radius 2 is 1.60 bits per heavy atom. The van der Waals surface area contributed by atoms with Gasteiger partial charge in [-0.15, -0.1) is 0 Å². The number of likely N-dealkylation sites (tertiary alicyclic amines) is 1. The molecule has 5 rings (SSSR count). The van der Waals surface area contributed by atoms with Crippen molar-refractivity contribution in [3.8, 4) is 11.1 Å². The second-order valence-electron chi connectivity index (χ2n) is 10.1. The minimum absolute atomic E-state index is 0.0179. The van der Waals surface area contributed by atoms with Crippen molar-refractivity contribution in [2.45, 2.75) is 68.9 Å². The van der Waals surface area contributed by atoms with Gasteiger partial charge in [0.2, 0.25) is 5.91 Å². The zero-order valence-electron chi connectivity index (χ0n) is 19.9. The number of fused-ring (bicyclic) bond motifs is 3. The van der Waals surface area contributed by atoms with Gasteiger partial charge in [0.15, 0.2) is 0 Å². The van der Waals surface area contributed by atoms with Crippen LogP contribution in [0.25, 0.3) is 11.1 Å². The van der Waals surface area contributed by atoms with Crippen LogP contribution in [0.3, 0.4) is 0 Å². The summed E-state index contributed by atoms with van der Waals surface area (Å²) in [6, 6.07) is 16.2. The lowest BCUT2D eigenvalue weighted by Gasteiger charge is -2.33. The summed E-state index contributed by atoms with van der Waals surface area (Å²) in [6.45, 7) is 0.814. The van der Waals surface area contributed by atoms with Gasteiger partial charge in [0, 0.05) is 18.5 Å².